The lowest BCUT2D eigenvalue weighted by Gasteiger charge is -2.15. The van der Waals surface area contributed by atoms with Crippen LogP contribution in [0.15, 0.2) is 42.2 Å². The zero-order chi connectivity index (χ0) is 23.4. The number of carbonyl (C=O) groups is 1. The average molecular weight is 488 g/mol. The van der Waals surface area contributed by atoms with Crippen molar-refractivity contribution in [2.75, 3.05) is 11.9 Å². The van der Waals surface area contributed by atoms with Gasteiger partial charge in [-0.15, -0.1) is 11.3 Å². The molecule has 1 saturated carbocycles. The molecule has 4 rings (SSSR count). The standard InChI is InChI=1S/C22H25N5O4S2/c1-14-3-2-4-15(7-14)8-18-12-32-22(27-18)20(28)19-10-24-13-25-21(19)26-17-6-5-16(9-17)11-31-33(23,29)30/h2-4,7,10,12-13,16-17H,5-6,8-9,11H2,1H3,(H2,23,29,30)(H,24,25,26)/t16-,17+/m1/s1. The van der Waals surface area contributed by atoms with E-state index in [0.29, 0.717) is 29.2 Å². The fourth-order valence-corrected chi connectivity index (χ4v) is 5.14. The molecule has 174 valence electrons. The average Bonchev–Trinajstić information content (AvgIpc) is 3.41. The number of benzene rings is 1. The summed E-state index contributed by atoms with van der Waals surface area (Å²) >= 11 is 1.31. The molecule has 1 fully saturated rings. The molecule has 0 amide bonds. The first-order chi connectivity index (χ1) is 15.8. The summed E-state index contributed by atoms with van der Waals surface area (Å²) in [4.78, 5) is 26.0. The van der Waals surface area contributed by atoms with E-state index in [1.54, 1.807) is 0 Å². The summed E-state index contributed by atoms with van der Waals surface area (Å²) < 4.78 is 26.7. The Morgan fingerprint density at radius 2 is 2.18 bits per heavy atom. The molecule has 0 radical (unpaired) electrons. The normalized spacial score (nSPS) is 18.4. The molecule has 0 spiro atoms. The molecule has 3 N–H and O–H groups in total. The number of ketones is 1. The van der Waals surface area contributed by atoms with E-state index in [0.717, 1.165) is 24.1 Å². The second-order valence-corrected chi connectivity index (χ2v) is 10.3. The van der Waals surface area contributed by atoms with E-state index in [1.807, 2.05) is 30.5 Å². The van der Waals surface area contributed by atoms with Crippen molar-refractivity contribution in [1.29, 1.82) is 0 Å². The molecule has 2 heterocycles. The number of aryl methyl sites for hydroxylation is 1. The maximum absolute atomic E-state index is 13.2. The summed E-state index contributed by atoms with van der Waals surface area (Å²) in [5.74, 6) is 0.277. The number of anilines is 1. The largest absolute Gasteiger partial charge is 0.367 e. The Bertz CT molecular complexity index is 1240. The molecular weight excluding hydrogens is 462 g/mol. The van der Waals surface area contributed by atoms with Gasteiger partial charge in [0.15, 0.2) is 5.01 Å². The topological polar surface area (TPSA) is 137 Å². The van der Waals surface area contributed by atoms with Crippen molar-refractivity contribution in [2.45, 2.75) is 38.6 Å². The number of carbonyl (C=O) groups excluding carboxylic acids is 1. The molecule has 0 bridgehead atoms. The minimum atomic E-state index is -3.95. The Hall–Kier alpha value is -2.73. The number of hydrogen-bond donors (Lipinski definition) is 2. The van der Waals surface area contributed by atoms with Gasteiger partial charge in [-0.2, -0.15) is 8.42 Å². The van der Waals surface area contributed by atoms with Gasteiger partial charge in [0.25, 0.3) is 0 Å². The quantitative estimate of drug-likeness (QED) is 0.440. The third-order valence-electron chi connectivity index (χ3n) is 5.52. The first-order valence-corrected chi connectivity index (χ1v) is 12.9. The Labute approximate surface area is 196 Å². The summed E-state index contributed by atoms with van der Waals surface area (Å²) in [6.07, 6.45) is 5.82. The van der Waals surface area contributed by atoms with Crippen molar-refractivity contribution >= 4 is 33.2 Å². The third kappa shape index (κ3) is 6.41. The molecule has 9 nitrogen and oxygen atoms in total. The molecule has 0 unspecified atom stereocenters. The first-order valence-electron chi connectivity index (χ1n) is 10.5. The van der Waals surface area contributed by atoms with E-state index < -0.39 is 10.3 Å². The van der Waals surface area contributed by atoms with E-state index >= 15 is 0 Å². The monoisotopic (exact) mass is 487 g/mol. The molecule has 0 saturated heterocycles. The van der Waals surface area contributed by atoms with Gasteiger partial charge in [0.1, 0.15) is 12.1 Å². The van der Waals surface area contributed by atoms with Crippen molar-refractivity contribution in [3.05, 3.63) is 69.6 Å². The minimum Gasteiger partial charge on any atom is -0.367 e. The Morgan fingerprint density at radius 3 is 2.97 bits per heavy atom. The zero-order valence-electron chi connectivity index (χ0n) is 18.1. The smallest absolute Gasteiger partial charge is 0.333 e. The lowest BCUT2D eigenvalue weighted by molar-refractivity contribution is 0.103. The van der Waals surface area contributed by atoms with Gasteiger partial charge in [-0.3, -0.25) is 8.98 Å². The molecule has 0 aliphatic heterocycles. The Balaban J connectivity index is 1.42. The summed E-state index contributed by atoms with van der Waals surface area (Å²) in [6, 6.07) is 8.24. The second kappa shape index (κ2) is 10.0. The van der Waals surface area contributed by atoms with Crippen LogP contribution in [-0.2, 0) is 20.9 Å². The molecule has 33 heavy (non-hydrogen) atoms. The SMILES string of the molecule is Cc1cccc(Cc2csc(C(=O)c3cncnc3N[C@H]3CC[C@@H](COS(N)(=O)=O)C3)n2)c1. The molecule has 2 aromatic heterocycles. The van der Waals surface area contributed by atoms with Gasteiger partial charge in [0.05, 0.1) is 17.9 Å². The summed E-state index contributed by atoms with van der Waals surface area (Å²) in [5.41, 5.74) is 3.53. The third-order valence-corrected chi connectivity index (χ3v) is 6.88. The van der Waals surface area contributed by atoms with Crippen LogP contribution in [0, 0.1) is 12.8 Å². The second-order valence-electron chi connectivity index (χ2n) is 8.22. The van der Waals surface area contributed by atoms with Gasteiger partial charge in [-0.25, -0.2) is 20.1 Å². The van der Waals surface area contributed by atoms with Crippen molar-refractivity contribution in [3.63, 3.8) is 0 Å². The van der Waals surface area contributed by atoms with Crippen molar-refractivity contribution in [2.24, 2.45) is 11.1 Å². The highest BCUT2D eigenvalue weighted by molar-refractivity contribution is 7.84. The first kappa shape index (κ1) is 23.4. The van der Waals surface area contributed by atoms with Crippen molar-refractivity contribution in [1.82, 2.24) is 15.0 Å². The molecule has 11 heteroatoms. The van der Waals surface area contributed by atoms with Crippen LogP contribution in [0.25, 0.3) is 0 Å². The van der Waals surface area contributed by atoms with E-state index in [4.69, 9.17) is 9.32 Å². The van der Waals surface area contributed by atoms with Gasteiger partial charge >= 0.3 is 10.3 Å². The molecule has 2 atom stereocenters. The Morgan fingerprint density at radius 1 is 1.33 bits per heavy atom. The fourth-order valence-electron chi connectivity index (χ4n) is 3.99. The van der Waals surface area contributed by atoms with Crippen LogP contribution in [0.1, 0.15) is 51.4 Å². The maximum Gasteiger partial charge on any atom is 0.333 e. The van der Waals surface area contributed by atoms with Crippen molar-refractivity contribution in [3.8, 4) is 0 Å². The number of nitrogens with one attached hydrogen (secondary N) is 1. The van der Waals surface area contributed by atoms with Gasteiger partial charge in [0, 0.05) is 24.0 Å². The molecule has 1 aromatic carbocycles. The van der Waals surface area contributed by atoms with Gasteiger partial charge in [-0.1, -0.05) is 29.8 Å². The maximum atomic E-state index is 13.2. The van der Waals surface area contributed by atoms with Crippen LogP contribution in [0.5, 0.6) is 0 Å². The summed E-state index contributed by atoms with van der Waals surface area (Å²) in [6.45, 7) is 2.10. The number of hydrogen-bond acceptors (Lipinski definition) is 9. The number of nitrogens with zero attached hydrogens (tertiary/aromatic N) is 3. The van der Waals surface area contributed by atoms with Crippen LogP contribution in [0.4, 0.5) is 5.82 Å². The highest BCUT2D eigenvalue weighted by Gasteiger charge is 2.28. The Kier molecular flexibility index (Phi) is 7.13. The summed E-state index contributed by atoms with van der Waals surface area (Å²) in [7, 11) is -3.95. The molecule has 1 aliphatic rings. The molecule has 3 aromatic rings. The summed E-state index contributed by atoms with van der Waals surface area (Å²) in [5, 5.41) is 10.5. The highest BCUT2D eigenvalue weighted by Crippen LogP contribution is 2.29. The minimum absolute atomic E-state index is 0.0358. The van der Waals surface area contributed by atoms with E-state index in [9.17, 15) is 13.2 Å². The number of thiazole rings is 1. The van der Waals surface area contributed by atoms with Gasteiger partial charge in [0.2, 0.25) is 5.78 Å². The fraction of sp³-hybridized carbons (Fsp3) is 0.364. The number of aromatic nitrogens is 3. The zero-order valence-corrected chi connectivity index (χ0v) is 19.7. The van der Waals surface area contributed by atoms with E-state index in [-0.39, 0.29) is 24.3 Å². The lowest BCUT2D eigenvalue weighted by Crippen LogP contribution is -2.22. The molecule has 1 aliphatic carbocycles. The van der Waals surface area contributed by atoms with Crippen LogP contribution in [0.2, 0.25) is 0 Å². The van der Waals surface area contributed by atoms with Crippen LogP contribution in [-0.4, -0.2) is 41.8 Å². The predicted octanol–water partition coefficient (Wildman–Crippen LogP) is 2.86. The van der Waals surface area contributed by atoms with E-state index in [2.05, 4.69) is 26.3 Å². The molecular formula is C22H25N5O4S2. The predicted molar refractivity (Wildman–Crippen MR) is 125 cm³/mol. The highest BCUT2D eigenvalue weighted by atomic mass is 32.2. The number of rotatable bonds is 9. The van der Waals surface area contributed by atoms with Gasteiger partial charge < -0.3 is 5.32 Å². The van der Waals surface area contributed by atoms with Crippen molar-refractivity contribution < 1.29 is 17.4 Å². The van der Waals surface area contributed by atoms with Crippen LogP contribution < -0.4 is 10.5 Å². The lowest BCUT2D eigenvalue weighted by atomic mass is 10.1. The van der Waals surface area contributed by atoms with Crippen LogP contribution >= 0.6 is 11.3 Å². The van der Waals surface area contributed by atoms with Crippen LogP contribution in [0.3, 0.4) is 0 Å². The van der Waals surface area contributed by atoms with E-state index in [1.165, 1.54) is 29.4 Å². The number of nitrogens with two attached hydrogens (primary N) is 1. The van der Waals surface area contributed by atoms with Gasteiger partial charge in [-0.05, 0) is 37.7 Å².